The Morgan fingerprint density at radius 1 is 1.30 bits per heavy atom. The number of imidazole rings is 1. The molecule has 1 N–H and O–H groups in total. The minimum absolute atomic E-state index is 0.128. The van der Waals surface area contributed by atoms with E-state index in [9.17, 15) is 13.2 Å². The van der Waals surface area contributed by atoms with E-state index in [-0.39, 0.29) is 29.3 Å². The number of hydrogen-bond donors (Lipinski definition) is 1. The summed E-state index contributed by atoms with van der Waals surface area (Å²) in [5, 5.41) is 3.01. The minimum Gasteiger partial charge on any atom is -0.348 e. The molecule has 1 saturated carbocycles. The van der Waals surface area contributed by atoms with Crippen LogP contribution in [-0.2, 0) is 16.6 Å². The summed E-state index contributed by atoms with van der Waals surface area (Å²) in [4.78, 5) is 17.3. The Kier molecular flexibility index (Phi) is 4.55. The molecule has 0 radical (unpaired) electrons. The van der Waals surface area contributed by atoms with Gasteiger partial charge in [0.1, 0.15) is 11.2 Å². The second-order valence-corrected chi connectivity index (χ2v) is 9.58. The van der Waals surface area contributed by atoms with Crippen molar-refractivity contribution in [2.75, 3.05) is 6.54 Å². The van der Waals surface area contributed by atoms with Gasteiger partial charge in [-0.1, -0.05) is 26.0 Å². The number of carbonyl (C=O) groups excluding carboxylic acids is 1. The van der Waals surface area contributed by atoms with E-state index in [2.05, 4.69) is 10.3 Å². The summed E-state index contributed by atoms with van der Waals surface area (Å²) in [6.07, 6.45) is 4.65. The molecule has 2 aliphatic rings. The Labute approximate surface area is 159 Å². The normalized spacial score (nSPS) is 19.1. The molecule has 0 unspecified atom stereocenters. The number of fused-ring (bicyclic) bond motifs is 3. The number of nitrogens with zero attached hydrogens (tertiary/aromatic N) is 3. The molecule has 1 amide bonds. The summed E-state index contributed by atoms with van der Waals surface area (Å²) in [7, 11) is -3.66. The number of nitrogens with one attached hydrogen (secondary N) is 1. The average molecular weight is 388 g/mol. The fraction of sp³-hybridized carbons (Fsp3) is 0.474. The third-order valence-electron chi connectivity index (χ3n) is 5.16. The van der Waals surface area contributed by atoms with Gasteiger partial charge in [0.05, 0.1) is 17.9 Å². The molecule has 2 heterocycles. The number of hydrogen-bond acceptors (Lipinski definition) is 4. The molecule has 1 aromatic heterocycles. The maximum Gasteiger partial charge on any atom is 0.272 e. The van der Waals surface area contributed by atoms with Crippen molar-refractivity contribution in [3.63, 3.8) is 0 Å². The Balaban J connectivity index is 1.82. The highest BCUT2D eigenvalue weighted by Gasteiger charge is 2.35. The summed E-state index contributed by atoms with van der Waals surface area (Å²) in [6.45, 7) is 4.47. The van der Waals surface area contributed by atoms with Crippen LogP contribution in [0, 0.1) is 5.92 Å². The van der Waals surface area contributed by atoms with Crippen molar-refractivity contribution in [1.82, 2.24) is 19.2 Å². The van der Waals surface area contributed by atoms with Crippen LogP contribution in [0.4, 0.5) is 0 Å². The molecule has 0 bridgehead atoms. The van der Waals surface area contributed by atoms with E-state index < -0.39 is 10.0 Å². The lowest BCUT2D eigenvalue weighted by atomic mass is 9.93. The van der Waals surface area contributed by atoms with E-state index >= 15 is 0 Å². The Morgan fingerprint density at radius 3 is 2.70 bits per heavy atom. The molecule has 4 rings (SSSR count). The number of amides is 1. The molecule has 1 aliphatic carbocycles. The lowest BCUT2D eigenvalue weighted by Crippen LogP contribution is -2.40. The van der Waals surface area contributed by atoms with Gasteiger partial charge in [0.2, 0.25) is 10.0 Å². The molecular formula is C19H24N4O3S. The maximum absolute atomic E-state index is 13.2. The molecule has 0 spiro atoms. The predicted molar refractivity (Wildman–Crippen MR) is 101 cm³/mol. The third kappa shape index (κ3) is 3.17. The first-order valence-electron chi connectivity index (χ1n) is 9.34. The number of carbonyl (C=O) groups is 1. The van der Waals surface area contributed by atoms with Gasteiger partial charge in [-0.05, 0) is 37.3 Å². The molecule has 27 heavy (non-hydrogen) atoms. The second-order valence-electron chi connectivity index (χ2n) is 7.67. The first-order valence-corrected chi connectivity index (χ1v) is 10.8. The highest BCUT2D eigenvalue weighted by Crippen LogP contribution is 2.32. The van der Waals surface area contributed by atoms with Crippen LogP contribution in [0.1, 0.15) is 49.3 Å². The first kappa shape index (κ1) is 18.2. The van der Waals surface area contributed by atoms with E-state index in [0.717, 1.165) is 19.3 Å². The molecular weight excluding hydrogens is 364 g/mol. The molecule has 8 heteroatoms. The summed E-state index contributed by atoms with van der Waals surface area (Å²) >= 11 is 0. The van der Waals surface area contributed by atoms with Crippen molar-refractivity contribution in [3.05, 3.63) is 42.0 Å². The summed E-state index contributed by atoms with van der Waals surface area (Å²) in [5.74, 6) is -0.0663. The fourth-order valence-electron chi connectivity index (χ4n) is 3.56. The van der Waals surface area contributed by atoms with Crippen molar-refractivity contribution in [2.45, 2.75) is 50.6 Å². The smallest absolute Gasteiger partial charge is 0.272 e. The van der Waals surface area contributed by atoms with Crippen LogP contribution in [-0.4, -0.2) is 40.8 Å². The van der Waals surface area contributed by atoms with Gasteiger partial charge < -0.3 is 5.32 Å². The number of benzene rings is 1. The molecule has 2 aromatic rings. The van der Waals surface area contributed by atoms with Gasteiger partial charge in [0.15, 0.2) is 5.69 Å². The van der Waals surface area contributed by atoms with Crippen molar-refractivity contribution >= 4 is 15.9 Å². The zero-order valence-corrected chi connectivity index (χ0v) is 16.4. The highest BCUT2D eigenvalue weighted by atomic mass is 32.2. The number of para-hydroxylation sites is 1. The van der Waals surface area contributed by atoms with Gasteiger partial charge in [-0.3, -0.25) is 9.36 Å². The molecule has 1 aromatic carbocycles. The third-order valence-corrected chi connectivity index (χ3v) is 7.02. The first-order chi connectivity index (χ1) is 12.9. The predicted octanol–water partition coefficient (Wildman–Crippen LogP) is 2.31. The SMILES string of the molecule is CC(C)CN1Cc2c(C(=O)NC3CCC3)ncn2-c2ccccc2S1(=O)=O. The van der Waals surface area contributed by atoms with Crippen LogP contribution in [0.25, 0.3) is 5.69 Å². The summed E-state index contributed by atoms with van der Waals surface area (Å²) in [5.41, 5.74) is 1.46. The number of sulfonamides is 1. The molecule has 1 fully saturated rings. The van der Waals surface area contributed by atoms with Crippen LogP contribution in [0.5, 0.6) is 0 Å². The monoisotopic (exact) mass is 388 g/mol. The van der Waals surface area contributed by atoms with E-state index in [1.54, 1.807) is 35.2 Å². The van der Waals surface area contributed by atoms with E-state index in [4.69, 9.17) is 0 Å². The van der Waals surface area contributed by atoms with Crippen molar-refractivity contribution in [2.24, 2.45) is 5.92 Å². The quantitative estimate of drug-likeness (QED) is 0.871. The summed E-state index contributed by atoms with van der Waals surface area (Å²) < 4.78 is 29.7. The largest absolute Gasteiger partial charge is 0.348 e. The van der Waals surface area contributed by atoms with Crippen molar-refractivity contribution < 1.29 is 13.2 Å². The molecule has 7 nitrogen and oxygen atoms in total. The Morgan fingerprint density at radius 2 is 2.04 bits per heavy atom. The van der Waals surface area contributed by atoms with Crippen LogP contribution in [0.3, 0.4) is 0 Å². The van der Waals surface area contributed by atoms with Crippen LogP contribution in [0.15, 0.2) is 35.5 Å². The lowest BCUT2D eigenvalue weighted by molar-refractivity contribution is 0.0910. The van der Waals surface area contributed by atoms with Crippen LogP contribution in [0.2, 0.25) is 0 Å². The minimum atomic E-state index is -3.66. The fourth-order valence-corrected chi connectivity index (χ4v) is 5.31. The number of rotatable bonds is 4. The molecule has 1 aliphatic heterocycles. The van der Waals surface area contributed by atoms with Crippen molar-refractivity contribution in [1.29, 1.82) is 0 Å². The molecule has 144 valence electrons. The van der Waals surface area contributed by atoms with Crippen LogP contribution < -0.4 is 5.32 Å². The molecule has 0 saturated heterocycles. The highest BCUT2D eigenvalue weighted by molar-refractivity contribution is 7.89. The Bertz CT molecular complexity index is 977. The number of aromatic nitrogens is 2. The zero-order valence-electron chi connectivity index (χ0n) is 15.6. The van der Waals surface area contributed by atoms with Gasteiger partial charge >= 0.3 is 0 Å². The average Bonchev–Trinajstić information content (AvgIpc) is 2.97. The second kappa shape index (κ2) is 6.76. The topological polar surface area (TPSA) is 84.3 Å². The van der Waals surface area contributed by atoms with Crippen LogP contribution >= 0.6 is 0 Å². The van der Waals surface area contributed by atoms with E-state index in [1.165, 1.54) is 4.31 Å². The summed E-state index contributed by atoms with van der Waals surface area (Å²) in [6, 6.07) is 7.08. The molecule has 0 atom stereocenters. The maximum atomic E-state index is 13.2. The van der Waals surface area contributed by atoms with Gasteiger partial charge in [-0.15, -0.1) is 0 Å². The Hall–Kier alpha value is -2.19. The van der Waals surface area contributed by atoms with Crippen molar-refractivity contribution in [3.8, 4) is 5.69 Å². The van der Waals surface area contributed by atoms with Gasteiger partial charge in [0.25, 0.3) is 5.91 Å². The zero-order chi connectivity index (χ0) is 19.2. The van der Waals surface area contributed by atoms with Gasteiger partial charge in [-0.2, -0.15) is 4.31 Å². The van der Waals surface area contributed by atoms with E-state index in [1.807, 2.05) is 13.8 Å². The van der Waals surface area contributed by atoms with Gasteiger partial charge in [-0.25, -0.2) is 13.4 Å². The standard InChI is InChI=1S/C19H24N4O3S/c1-13(2)10-22-11-16-18(19(24)21-14-6-5-7-14)20-12-23(16)15-8-3-4-9-17(15)27(22,25)26/h3-4,8-9,12-14H,5-7,10-11H2,1-2H3,(H,21,24). The lowest BCUT2D eigenvalue weighted by Gasteiger charge is -2.26. The van der Waals surface area contributed by atoms with E-state index in [0.29, 0.717) is 23.6 Å². The van der Waals surface area contributed by atoms with Gasteiger partial charge in [0, 0.05) is 12.6 Å².